The van der Waals surface area contributed by atoms with Crippen LogP contribution in [0.3, 0.4) is 0 Å². The van der Waals surface area contributed by atoms with Crippen molar-refractivity contribution in [1.29, 1.82) is 0 Å². The first-order valence-corrected chi connectivity index (χ1v) is 4.20. The minimum atomic E-state index is 0.851. The van der Waals surface area contributed by atoms with E-state index in [9.17, 15) is 0 Å². The maximum atomic E-state index is 4.24. The van der Waals surface area contributed by atoms with Crippen LogP contribution < -0.4 is 10.6 Å². The molecular formula is C8H16N4. The molecule has 0 bridgehead atoms. The van der Waals surface area contributed by atoms with E-state index in [1.165, 1.54) is 5.69 Å². The lowest BCUT2D eigenvalue weighted by Crippen LogP contribution is -2.12. The number of rotatable bonds is 4. The van der Waals surface area contributed by atoms with E-state index in [0.717, 1.165) is 18.8 Å². The summed E-state index contributed by atoms with van der Waals surface area (Å²) in [7, 11) is 3.85. The second-order valence-electron chi connectivity index (χ2n) is 2.60. The highest BCUT2D eigenvalue weighted by Crippen LogP contribution is 2.13. The van der Waals surface area contributed by atoms with Crippen LogP contribution in [0, 0.1) is 0 Å². The van der Waals surface area contributed by atoms with Gasteiger partial charge in [0.1, 0.15) is 0 Å². The fourth-order valence-electron chi connectivity index (χ4n) is 1.25. The molecule has 0 saturated heterocycles. The van der Waals surface area contributed by atoms with Crippen molar-refractivity contribution >= 4 is 5.69 Å². The van der Waals surface area contributed by atoms with Crippen LogP contribution in [0.1, 0.15) is 12.6 Å². The van der Waals surface area contributed by atoms with Crippen molar-refractivity contribution in [1.82, 2.24) is 15.1 Å². The van der Waals surface area contributed by atoms with Gasteiger partial charge in [-0.05, 0) is 14.0 Å². The van der Waals surface area contributed by atoms with Gasteiger partial charge >= 0.3 is 0 Å². The summed E-state index contributed by atoms with van der Waals surface area (Å²) >= 11 is 0. The summed E-state index contributed by atoms with van der Waals surface area (Å²) in [5, 5.41) is 10.5. The van der Waals surface area contributed by atoms with Gasteiger partial charge in [-0.2, -0.15) is 5.10 Å². The molecule has 68 valence electrons. The molecule has 0 aliphatic carbocycles. The Morgan fingerprint density at radius 3 is 2.75 bits per heavy atom. The molecule has 2 N–H and O–H groups in total. The lowest BCUT2D eigenvalue weighted by atomic mass is 10.3. The molecule has 1 rings (SSSR count). The highest BCUT2D eigenvalue weighted by molar-refractivity contribution is 5.45. The molecular weight excluding hydrogens is 152 g/mol. The summed E-state index contributed by atoms with van der Waals surface area (Å²) in [6.45, 7) is 3.86. The van der Waals surface area contributed by atoms with Crippen LogP contribution in [0.2, 0.25) is 0 Å². The summed E-state index contributed by atoms with van der Waals surface area (Å²) < 4.78 is 1.99. The third kappa shape index (κ3) is 1.58. The van der Waals surface area contributed by atoms with E-state index in [1.54, 1.807) is 0 Å². The van der Waals surface area contributed by atoms with Crippen molar-refractivity contribution in [3.63, 3.8) is 0 Å². The molecule has 4 nitrogen and oxygen atoms in total. The number of anilines is 1. The smallest absolute Gasteiger partial charge is 0.0770 e. The van der Waals surface area contributed by atoms with Crippen molar-refractivity contribution in [3.05, 3.63) is 11.9 Å². The molecule has 0 aliphatic rings. The average Bonchev–Trinajstić information content (AvgIpc) is 2.48. The molecule has 12 heavy (non-hydrogen) atoms. The molecule has 0 unspecified atom stereocenters. The monoisotopic (exact) mass is 168 g/mol. The van der Waals surface area contributed by atoms with E-state index in [0.29, 0.717) is 0 Å². The van der Waals surface area contributed by atoms with Gasteiger partial charge in [-0.15, -0.1) is 0 Å². The van der Waals surface area contributed by atoms with Crippen LogP contribution >= 0.6 is 0 Å². The molecule has 0 atom stereocenters. The first-order valence-electron chi connectivity index (χ1n) is 4.20. The summed E-state index contributed by atoms with van der Waals surface area (Å²) in [5.74, 6) is 0. The van der Waals surface area contributed by atoms with Crippen LogP contribution in [-0.2, 0) is 13.1 Å². The summed E-state index contributed by atoms with van der Waals surface area (Å²) in [4.78, 5) is 0. The summed E-state index contributed by atoms with van der Waals surface area (Å²) in [6.07, 6.45) is 1.86. The van der Waals surface area contributed by atoms with E-state index in [-0.39, 0.29) is 0 Å². The fourth-order valence-corrected chi connectivity index (χ4v) is 1.25. The van der Waals surface area contributed by atoms with Gasteiger partial charge < -0.3 is 10.6 Å². The highest BCUT2D eigenvalue weighted by atomic mass is 15.3. The molecule has 0 fully saturated rings. The molecule has 0 spiro atoms. The van der Waals surface area contributed by atoms with Crippen molar-refractivity contribution in [2.45, 2.75) is 20.0 Å². The molecule has 0 amide bonds. The molecule has 1 aromatic heterocycles. The van der Waals surface area contributed by atoms with Gasteiger partial charge in [0.2, 0.25) is 0 Å². The van der Waals surface area contributed by atoms with Crippen LogP contribution in [0.25, 0.3) is 0 Å². The molecule has 0 saturated carbocycles. The van der Waals surface area contributed by atoms with E-state index >= 15 is 0 Å². The molecule has 1 aromatic rings. The zero-order valence-corrected chi connectivity index (χ0v) is 7.89. The first-order chi connectivity index (χ1) is 5.83. The quantitative estimate of drug-likeness (QED) is 0.694. The Morgan fingerprint density at radius 2 is 2.25 bits per heavy atom. The third-order valence-corrected chi connectivity index (χ3v) is 1.86. The number of hydrogen-bond acceptors (Lipinski definition) is 3. The van der Waals surface area contributed by atoms with Crippen molar-refractivity contribution in [3.8, 4) is 0 Å². The second kappa shape index (κ2) is 4.11. The van der Waals surface area contributed by atoms with Crippen LogP contribution in [0.5, 0.6) is 0 Å². The molecule has 0 radical (unpaired) electrons. The second-order valence-corrected chi connectivity index (χ2v) is 2.60. The Kier molecular flexibility index (Phi) is 3.10. The number of aryl methyl sites for hydroxylation is 1. The highest BCUT2D eigenvalue weighted by Gasteiger charge is 2.06. The molecule has 0 aliphatic heterocycles. The van der Waals surface area contributed by atoms with Crippen LogP contribution in [0.4, 0.5) is 5.69 Å². The topological polar surface area (TPSA) is 41.9 Å². The van der Waals surface area contributed by atoms with Gasteiger partial charge in [-0.1, -0.05) is 0 Å². The maximum Gasteiger partial charge on any atom is 0.0770 e. The largest absolute Gasteiger partial charge is 0.385 e. The summed E-state index contributed by atoms with van der Waals surface area (Å²) in [6, 6.07) is 0. The number of hydrogen-bond donors (Lipinski definition) is 2. The number of nitrogens with one attached hydrogen (secondary N) is 2. The Morgan fingerprint density at radius 1 is 1.50 bits per heavy atom. The van der Waals surface area contributed by atoms with E-state index < -0.39 is 0 Å². The van der Waals surface area contributed by atoms with Gasteiger partial charge in [0.25, 0.3) is 0 Å². The lowest BCUT2D eigenvalue weighted by Gasteiger charge is -2.06. The maximum absolute atomic E-state index is 4.24. The molecule has 0 aromatic carbocycles. The lowest BCUT2D eigenvalue weighted by molar-refractivity contribution is 0.604. The normalized spacial score (nSPS) is 10.2. The van der Waals surface area contributed by atoms with Crippen molar-refractivity contribution < 1.29 is 0 Å². The number of nitrogens with zero attached hydrogens (tertiary/aromatic N) is 2. The minimum absolute atomic E-state index is 0.851. The van der Waals surface area contributed by atoms with Gasteiger partial charge in [0, 0.05) is 20.1 Å². The number of aromatic nitrogens is 2. The Bertz CT molecular complexity index is 220. The zero-order valence-electron chi connectivity index (χ0n) is 7.89. The van der Waals surface area contributed by atoms with E-state index in [4.69, 9.17) is 0 Å². The van der Waals surface area contributed by atoms with Crippen LogP contribution in [-0.4, -0.2) is 23.9 Å². The summed E-state index contributed by atoms with van der Waals surface area (Å²) in [5.41, 5.74) is 2.31. The molecule has 4 heteroatoms. The minimum Gasteiger partial charge on any atom is -0.385 e. The van der Waals surface area contributed by atoms with Crippen molar-refractivity contribution in [2.24, 2.45) is 0 Å². The van der Waals surface area contributed by atoms with Gasteiger partial charge in [0.05, 0.1) is 17.6 Å². The van der Waals surface area contributed by atoms with Crippen molar-refractivity contribution in [2.75, 3.05) is 19.4 Å². The van der Waals surface area contributed by atoms with E-state index in [1.807, 2.05) is 25.0 Å². The van der Waals surface area contributed by atoms with Gasteiger partial charge in [-0.25, -0.2) is 0 Å². The average molecular weight is 168 g/mol. The van der Waals surface area contributed by atoms with E-state index in [2.05, 4.69) is 22.7 Å². The fraction of sp³-hybridized carbons (Fsp3) is 0.625. The SMILES string of the molecule is CCn1ncc(NC)c1CNC. The first kappa shape index (κ1) is 9.06. The van der Waals surface area contributed by atoms with Gasteiger partial charge in [-0.3, -0.25) is 4.68 Å². The Hall–Kier alpha value is -1.03. The van der Waals surface area contributed by atoms with Crippen LogP contribution in [0.15, 0.2) is 6.20 Å². The Balaban J connectivity index is 2.90. The molecule has 1 heterocycles. The van der Waals surface area contributed by atoms with Gasteiger partial charge in [0.15, 0.2) is 0 Å². The predicted octanol–water partition coefficient (Wildman–Crippen LogP) is 0.664. The predicted molar refractivity (Wildman–Crippen MR) is 50.2 cm³/mol. The third-order valence-electron chi connectivity index (χ3n) is 1.86. The standard InChI is InChI=1S/C8H16N4/c1-4-12-8(6-9-2)7(10-3)5-11-12/h5,9-10H,4,6H2,1-3H3. The zero-order chi connectivity index (χ0) is 8.97. The Labute approximate surface area is 73.0 Å².